The second-order valence-electron chi connectivity index (χ2n) is 5.53. The first-order chi connectivity index (χ1) is 9.18. The molecule has 9 nitrogen and oxygen atoms in total. The first-order valence-corrected chi connectivity index (χ1v) is 10.1. The third-order valence-corrected chi connectivity index (χ3v) is 5.93. The lowest BCUT2D eigenvalue weighted by molar-refractivity contribution is -0.127. The molecule has 1 aliphatic heterocycles. The van der Waals surface area contributed by atoms with Crippen LogP contribution in [0.5, 0.6) is 0 Å². The molecule has 0 aromatic heterocycles. The quantitative estimate of drug-likeness (QED) is 0.260. The van der Waals surface area contributed by atoms with Crippen molar-refractivity contribution in [3.05, 3.63) is 0 Å². The van der Waals surface area contributed by atoms with Gasteiger partial charge in [-0.15, -0.1) is 0 Å². The van der Waals surface area contributed by atoms with E-state index in [1.165, 1.54) is 13.8 Å². The van der Waals surface area contributed by atoms with Crippen LogP contribution in [0.15, 0.2) is 0 Å². The number of hydrogen-bond acceptors (Lipinski definition) is 9. The van der Waals surface area contributed by atoms with Crippen molar-refractivity contribution in [3.63, 3.8) is 0 Å². The van der Waals surface area contributed by atoms with Crippen molar-refractivity contribution in [2.75, 3.05) is 12.5 Å². The van der Waals surface area contributed by atoms with Crippen LogP contribution in [0.25, 0.3) is 0 Å². The Morgan fingerprint density at radius 1 is 1.19 bits per heavy atom. The number of aliphatic hydroxyl groups is 2. The van der Waals surface area contributed by atoms with Gasteiger partial charge in [-0.3, -0.25) is 0 Å². The summed E-state index contributed by atoms with van der Waals surface area (Å²) in [5.41, 5.74) is 5.35. The van der Waals surface area contributed by atoms with E-state index in [1.807, 2.05) is 6.92 Å². The number of nitrogens with two attached hydrogens (primary N) is 1. The van der Waals surface area contributed by atoms with Gasteiger partial charge in [0.15, 0.2) is 5.79 Å². The fourth-order valence-corrected chi connectivity index (χ4v) is 4.46. The highest BCUT2D eigenvalue weighted by Gasteiger charge is 2.51. The minimum Gasteiger partial charge on any atom is -0.373 e. The monoisotopic (exact) mass is 351 g/mol. The average molecular weight is 351 g/mol. The predicted octanol–water partition coefficient (Wildman–Crippen LogP) is -0.312. The zero-order chi connectivity index (χ0) is 16.9. The molecule has 11 heteroatoms. The number of rotatable bonds is 5. The van der Waals surface area contributed by atoms with Gasteiger partial charge in [0.1, 0.15) is 6.61 Å². The fraction of sp³-hybridized carbons (Fsp3) is 1.00. The largest absolute Gasteiger partial charge is 0.450 e. The summed E-state index contributed by atoms with van der Waals surface area (Å²) in [6.07, 6.45) is 1.78. The molecule has 0 spiro atoms. The highest BCUT2D eigenvalue weighted by Crippen LogP contribution is 2.62. The van der Waals surface area contributed by atoms with Crippen molar-refractivity contribution >= 4 is 15.8 Å². The maximum Gasteiger partial charge on any atom is 0.450 e. The van der Waals surface area contributed by atoms with Crippen molar-refractivity contribution < 1.29 is 39.0 Å². The van der Waals surface area contributed by atoms with E-state index in [0.717, 1.165) is 12.8 Å². The Labute approximate surface area is 125 Å². The normalized spacial score (nSPS) is 26.0. The highest BCUT2D eigenvalue weighted by atomic mass is 31.3. The molecule has 0 radical (unpaired) electrons. The maximum absolute atomic E-state index is 9.54. The SMILES string of the molecule is CC(C)(O)O.CC1CCC(CO[P+](N)(O)C[P+](O)(O)O)O1. The van der Waals surface area contributed by atoms with Crippen LogP contribution in [0, 0.1) is 0 Å². The summed E-state index contributed by atoms with van der Waals surface area (Å²) in [6.45, 7) is 4.64. The van der Waals surface area contributed by atoms with Gasteiger partial charge in [-0.05, 0) is 33.6 Å². The molecular weight excluding hydrogens is 324 g/mol. The van der Waals surface area contributed by atoms with Crippen LogP contribution in [0.3, 0.4) is 0 Å². The van der Waals surface area contributed by atoms with Crippen LogP contribution >= 0.6 is 15.8 Å². The average Bonchev–Trinajstić information content (AvgIpc) is 2.55. The molecule has 0 aromatic rings. The molecule has 0 bridgehead atoms. The second-order valence-corrected chi connectivity index (χ2v) is 9.81. The van der Waals surface area contributed by atoms with Crippen molar-refractivity contribution in [2.45, 2.75) is 51.6 Å². The van der Waals surface area contributed by atoms with Crippen molar-refractivity contribution in [2.24, 2.45) is 5.50 Å². The molecule has 0 aliphatic carbocycles. The van der Waals surface area contributed by atoms with E-state index in [0.29, 0.717) is 0 Å². The molecule has 3 unspecified atom stereocenters. The maximum atomic E-state index is 9.54. The smallest absolute Gasteiger partial charge is 0.373 e. The Morgan fingerprint density at radius 2 is 1.67 bits per heavy atom. The van der Waals surface area contributed by atoms with E-state index in [-0.39, 0.29) is 18.8 Å². The van der Waals surface area contributed by atoms with Gasteiger partial charge in [-0.2, -0.15) is 29.6 Å². The van der Waals surface area contributed by atoms with E-state index in [9.17, 15) is 4.89 Å². The van der Waals surface area contributed by atoms with Crippen LogP contribution in [-0.2, 0) is 9.26 Å². The number of ether oxygens (including phenoxy) is 1. The third-order valence-electron chi connectivity index (χ3n) is 2.20. The van der Waals surface area contributed by atoms with E-state index in [2.05, 4.69) is 0 Å². The Balaban J connectivity index is 0.000000690. The topological polar surface area (TPSA) is 166 Å². The van der Waals surface area contributed by atoms with Gasteiger partial charge in [-0.25, -0.2) is 0 Å². The molecule has 1 fully saturated rings. The molecule has 1 aliphatic rings. The Bertz CT molecular complexity index is 298. The van der Waals surface area contributed by atoms with Crippen LogP contribution < -0.4 is 5.50 Å². The van der Waals surface area contributed by atoms with Crippen molar-refractivity contribution in [1.82, 2.24) is 0 Å². The van der Waals surface area contributed by atoms with Gasteiger partial charge in [-0.1, -0.05) is 0 Å². The van der Waals surface area contributed by atoms with Crippen LogP contribution in [0.4, 0.5) is 0 Å². The minimum absolute atomic E-state index is 0.102. The Kier molecular flexibility index (Phi) is 8.58. The highest BCUT2D eigenvalue weighted by molar-refractivity contribution is 7.78. The molecule has 3 atom stereocenters. The lowest BCUT2D eigenvalue weighted by atomic mass is 10.2. The first kappa shape index (κ1) is 21.5. The Hall–Kier alpha value is 0.500. The van der Waals surface area contributed by atoms with E-state index >= 15 is 0 Å². The van der Waals surface area contributed by atoms with E-state index < -0.39 is 27.5 Å². The van der Waals surface area contributed by atoms with Gasteiger partial charge < -0.3 is 14.9 Å². The van der Waals surface area contributed by atoms with Gasteiger partial charge in [0.05, 0.1) is 12.2 Å². The molecule has 1 heterocycles. The zero-order valence-corrected chi connectivity index (χ0v) is 14.2. The van der Waals surface area contributed by atoms with E-state index in [4.69, 9.17) is 39.7 Å². The summed E-state index contributed by atoms with van der Waals surface area (Å²) < 4.78 is 10.4. The zero-order valence-electron chi connectivity index (χ0n) is 12.5. The van der Waals surface area contributed by atoms with Crippen molar-refractivity contribution in [3.8, 4) is 0 Å². The molecular formula is C10H27NO8P2+2. The molecule has 0 amide bonds. The van der Waals surface area contributed by atoms with Gasteiger partial charge in [0.25, 0.3) is 0 Å². The van der Waals surface area contributed by atoms with Gasteiger partial charge >= 0.3 is 21.7 Å². The molecule has 8 N–H and O–H groups in total. The summed E-state index contributed by atoms with van der Waals surface area (Å²) in [7, 11) is -7.52. The lowest BCUT2D eigenvalue weighted by Crippen LogP contribution is -2.21. The minimum atomic E-state index is -4.10. The lowest BCUT2D eigenvalue weighted by Gasteiger charge is -2.15. The third kappa shape index (κ3) is 15.2. The van der Waals surface area contributed by atoms with E-state index in [1.54, 1.807) is 0 Å². The second kappa shape index (κ2) is 8.38. The molecule has 1 saturated heterocycles. The molecule has 1 rings (SSSR count). The molecule has 0 saturated carbocycles. The van der Waals surface area contributed by atoms with Gasteiger partial charge in [0, 0.05) is 0 Å². The summed E-state index contributed by atoms with van der Waals surface area (Å²) in [6, 6.07) is 0. The fourth-order valence-electron chi connectivity index (χ4n) is 1.53. The first-order valence-electron chi connectivity index (χ1n) is 6.38. The molecule has 128 valence electrons. The molecule has 21 heavy (non-hydrogen) atoms. The summed E-state index contributed by atoms with van der Waals surface area (Å²) in [4.78, 5) is 35.9. The summed E-state index contributed by atoms with van der Waals surface area (Å²) in [5.74, 6) is -2.21. The van der Waals surface area contributed by atoms with Crippen LogP contribution in [-0.4, -0.2) is 60.3 Å². The van der Waals surface area contributed by atoms with Gasteiger partial charge in [0.2, 0.25) is 0 Å². The predicted molar refractivity (Wildman–Crippen MR) is 79.8 cm³/mol. The summed E-state index contributed by atoms with van der Waals surface area (Å²) in [5, 5.41) is 16.2. The molecule has 0 aromatic carbocycles. The summed E-state index contributed by atoms with van der Waals surface area (Å²) >= 11 is 0. The standard InChI is InChI=1S/C7H19NO6P2.C3H8O2/c1-6-2-3-7(14-6)4-13-15(8,9)5-16(10,11)12;1-3(2,4)5/h6-7,9-12H,2-5,8H2,1H3;4-5H,1-2H3/q+2;. The van der Waals surface area contributed by atoms with Crippen LogP contribution in [0.2, 0.25) is 0 Å². The van der Waals surface area contributed by atoms with Crippen molar-refractivity contribution in [1.29, 1.82) is 0 Å². The number of hydrogen-bond donors (Lipinski definition) is 7. The Morgan fingerprint density at radius 3 is 2.00 bits per heavy atom. The van der Waals surface area contributed by atoms with Crippen LogP contribution in [0.1, 0.15) is 33.6 Å².